The molecule has 418 valence electrons. The van der Waals surface area contributed by atoms with Gasteiger partial charge in [-0.05, 0) is 135 Å². The van der Waals surface area contributed by atoms with E-state index in [-0.39, 0.29) is 12.0 Å². The third-order valence-corrected chi connectivity index (χ3v) is 20.1. The molecular formula is C83H52N2O3S. The quantitative estimate of drug-likeness (QED) is 0.152. The molecule has 4 aliphatic rings. The molecule has 0 saturated heterocycles. The van der Waals surface area contributed by atoms with Crippen molar-refractivity contribution in [3.63, 3.8) is 0 Å². The van der Waals surface area contributed by atoms with Crippen LogP contribution < -0.4 is 19.3 Å². The van der Waals surface area contributed by atoms with Gasteiger partial charge in [-0.3, -0.25) is 0 Å². The van der Waals surface area contributed by atoms with Gasteiger partial charge in [-0.2, -0.15) is 0 Å². The van der Waals surface area contributed by atoms with Crippen LogP contribution in [0.2, 0.25) is 0 Å². The van der Waals surface area contributed by atoms with Crippen molar-refractivity contribution < 1.29 is 13.9 Å². The maximum atomic E-state index is 7.71. The van der Waals surface area contributed by atoms with Crippen molar-refractivity contribution in [1.82, 2.24) is 0 Å². The van der Waals surface area contributed by atoms with E-state index in [2.05, 4.69) is 307 Å². The van der Waals surface area contributed by atoms with E-state index >= 15 is 0 Å². The van der Waals surface area contributed by atoms with E-state index in [0.29, 0.717) is 0 Å². The molecule has 0 N–H and O–H groups in total. The number of nitrogens with zero attached hydrogens (tertiary/aromatic N) is 2. The Kier molecular flexibility index (Phi) is 10.9. The Hall–Kier alpha value is -11.2. The summed E-state index contributed by atoms with van der Waals surface area (Å²) in [5.41, 5.74) is 19.6. The van der Waals surface area contributed by atoms with E-state index in [0.717, 1.165) is 107 Å². The summed E-state index contributed by atoms with van der Waals surface area (Å²) in [6, 6.07) is 102. The van der Waals surface area contributed by atoms with E-state index in [1.807, 2.05) is 17.4 Å². The molecule has 89 heavy (non-hydrogen) atoms. The van der Waals surface area contributed by atoms with Crippen molar-refractivity contribution in [2.75, 3.05) is 9.80 Å². The van der Waals surface area contributed by atoms with Gasteiger partial charge in [0.25, 0.3) is 0 Å². The highest BCUT2D eigenvalue weighted by atomic mass is 32.1. The summed E-state index contributed by atoms with van der Waals surface area (Å²) in [6.45, 7) is 0. The molecule has 2 aliphatic heterocycles. The minimum Gasteiger partial charge on any atom is -0.485 e. The lowest BCUT2D eigenvalue weighted by Crippen LogP contribution is -2.32. The fourth-order valence-electron chi connectivity index (χ4n) is 15.1. The Balaban J connectivity index is 0.841. The molecule has 1 spiro atoms. The van der Waals surface area contributed by atoms with E-state index < -0.39 is 5.41 Å². The molecule has 2 unspecified atom stereocenters. The fourth-order valence-corrected chi connectivity index (χ4v) is 16.2. The van der Waals surface area contributed by atoms with Crippen molar-refractivity contribution in [3.05, 3.63) is 331 Å². The molecule has 0 amide bonds. The fraction of sp³-hybridized carbons (Fsp3) is 0.0361. The van der Waals surface area contributed by atoms with Crippen molar-refractivity contribution in [3.8, 4) is 50.6 Å². The highest BCUT2D eigenvalue weighted by Crippen LogP contribution is 2.64. The second-order valence-corrected chi connectivity index (χ2v) is 24.9. The van der Waals surface area contributed by atoms with Crippen molar-refractivity contribution in [2.45, 2.75) is 17.4 Å². The van der Waals surface area contributed by atoms with Gasteiger partial charge in [0.15, 0.2) is 0 Å². The summed E-state index contributed by atoms with van der Waals surface area (Å²) in [5.74, 6) is 2.54. The first-order chi connectivity index (χ1) is 44.1. The highest BCUT2D eigenvalue weighted by molar-refractivity contribution is 7.25. The predicted molar refractivity (Wildman–Crippen MR) is 367 cm³/mol. The van der Waals surface area contributed by atoms with Crippen LogP contribution in [0, 0.1) is 0 Å². The van der Waals surface area contributed by atoms with Gasteiger partial charge in [0.1, 0.15) is 34.5 Å². The molecule has 2 aliphatic carbocycles. The number of allylic oxidation sites excluding steroid dienone is 2. The molecule has 15 aromatic rings. The Morgan fingerprint density at radius 2 is 0.933 bits per heavy atom. The number of fused-ring (bicyclic) bond motifs is 19. The summed E-state index contributed by atoms with van der Waals surface area (Å²) < 4.78 is 24.1. The summed E-state index contributed by atoms with van der Waals surface area (Å²) in [4.78, 5) is 4.78. The summed E-state index contributed by atoms with van der Waals surface area (Å²) in [5, 5.41) is 6.94. The SMILES string of the molecule is C1=CC2Oc3cc(N(c4ccc5c(c4)Oc4cc(N(c6ccccc6)c6cc(-c7ccc8ccccc8c7)c7oc8ccccc8c7c6)ccc4C54c5ccccc5-c5ccccc54)c4ccc5sc6ccccc6c5c4)cc(-c4ccccc4)c3C2C=C1. The first-order valence-electron chi connectivity index (χ1n) is 30.5. The minimum atomic E-state index is -0.735. The van der Waals surface area contributed by atoms with Crippen molar-refractivity contribution >= 4 is 98.3 Å². The van der Waals surface area contributed by atoms with Gasteiger partial charge in [0.2, 0.25) is 0 Å². The maximum Gasteiger partial charge on any atom is 0.143 e. The molecule has 6 heteroatoms. The van der Waals surface area contributed by atoms with Crippen LogP contribution in [0.4, 0.5) is 34.1 Å². The van der Waals surface area contributed by atoms with Crippen molar-refractivity contribution in [2.24, 2.45) is 0 Å². The smallest absolute Gasteiger partial charge is 0.143 e. The van der Waals surface area contributed by atoms with Crippen LogP contribution in [0.1, 0.15) is 33.7 Å². The number of para-hydroxylation sites is 2. The lowest BCUT2D eigenvalue weighted by Gasteiger charge is -2.40. The summed E-state index contributed by atoms with van der Waals surface area (Å²) >= 11 is 1.83. The molecule has 19 rings (SSSR count). The largest absolute Gasteiger partial charge is 0.485 e. The molecular weight excluding hydrogens is 1100 g/mol. The first-order valence-corrected chi connectivity index (χ1v) is 31.3. The van der Waals surface area contributed by atoms with Gasteiger partial charge in [0, 0.05) is 106 Å². The van der Waals surface area contributed by atoms with E-state index in [4.69, 9.17) is 13.9 Å². The van der Waals surface area contributed by atoms with Gasteiger partial charge < -0.3 is 23.7 Å². The Morgan fingerprint density at radius 3 is 1.72 bits per heavy atom. The number of thiophene rings is 1. The molecule has 0 bridgehead atoms. The number of hydrogen-bond acceptors (Lipinski definition) is 6. The number of rotatable bonds is 8. The number of hydrogen-bond donors (Lipinski definition) is 0. The Bertz CT molecular complexity index is 5460. The molecule has 13 aromatic carbocycles. The highest BCUT2D eigenvalue weighted by Gasteiger charge is 2.51. The average molecular weight is 1160 g/mol. The average Bonchev–Trinajstić information content (AvgIpc) is 1.60. The second-order valence-electron chi connectivity index (χ2n) is 23.8. The number of anilines is 6. The third kappa shape index (κ3) is 7.54. The van der Waals surface area contributed by atoms with E-state index in [1.165, 1.54) is 58.8 Å². The maximum absolute atomic E-state index is 7.71. The van der Waals surface area contributed by atoms with Gasteiger partial charge in [-0.1, -0.05) is 200 Å². The molecule has 2 atom stereocenters. The van der Waals surface area contributed by atoms with E-state index in [1.54, 1.807) is 0 Å². The molecule has 2 aromatic heterocycles. The van der Waals surface area contributed by atoms with Gasteiger partial charge >= 0.3 is 0 Å². The van der Waals surface area contributed by atoms with Crippen LogP contribution in [0.5, 0.6) is 17.2 Å². The monoisotopic (exact) mass is 1160 g/mol. The second kappa shape index (κ2) is 19.4. The van der Waals surface area contributed by atoms with Crippen molar-refractivity contribution in [1.29, 1.82) is 0 Å². The lowest BCUT2D eigenvalue weighted by molar-refractivity contribution is 0.269. The normalized spacial score (nSPS) is 15.4. The van der Waals surface area contributed by atoms with Gasteiger partial charge in [-0.25, -0.2) is 0 Å². The zero-order chi connectivity index (χ0) is 58.3. The predicted octanol–water partition coefficient (Wildman–Crippen LogP) is 22.8. The topological polar surface area (TPSA) is 38.1 Å². The molecule has 0 fully saturated rings. The number of furan rings is 1. The Morgan fingerprint density at radius 1 is 0.348 bits per heavy atom. The van der Waals surface area contributed by atoms with Crippen LogP contribution in [-0.2, 0) is 5.41 Å². The van der Waals surface area contributed by atoms with Crippen LogP contribution in [0.25, 0.3) is 86.3 Å². The number of benzene rings is 13. The third-order valence-electron chi connectivity index (χ3n) is 19.0. The summed E-state index contributed by atoms with van der Waals surface area (Å²) in [6.07, 6.45) is 8.64. The molecule has 0 saturated carbocycles. The standard InChI is InChI=1S/C83H52N2O3S/c1-3-20-52(21-4-1)66-45-60(50-78-81(66)65-29-12-17-33-75(65)86-78)85(56-39-42-80-68(44-56)64-28-13-18-34-79(64)89-80)58-38-41-73-77(49-58)87-76-48-57(37-40-72(76)83(73)70-30-14-9-25-61(70)62-26-10-15-31-71(62)83)84(55-23-5-2-6-24-55)59-46-67(54-36-35-51-19-7-8-22-53(51)43-54)82-69(47-59)63-27-11-16-32-74(63)88-82/h1-50,65,75H. The summed E-state index contributed by atoms with van der Waals surface area (Å²) in [7, 11) is 0. The zero-order valence-electron chi connectivity index (χ0n) is 48.0. The molecule has 0 radical (unpaired) electrons. The molecule has 5 nitrogen and oxygen atoms in total. The van der Waals surface area contributed by atoms with Crippen LogP contribution >= 0.6 is 11.3 Å². The van der Waals surface area contributed by atoms with E-state index in [9.17, 15) is 0 Å². The Labute approximate surface area is 518 Å². The zero-order valence-corrected chi connectivity index (χ0v) is 48.9. The van der Waals surface area contributed by atoms with Gasteiger partial charge in [-0.15, -0.1) is 11.3 Å². The minimum absolute atomic E-state index is 0.0922. The van der Waals surface area contributed by atoms with Crippen LogP contribution in [0.15, 0.2) is 308 Å². The molecule has 4 heterocycles. The van der Waals surface area contributed by atoms with Gasteiger partial charge in [0.05, 0.1) is 11.1 Å². The lowest BCUT2D eigenvalue weighted by atomic mass is 9.66. The van der Waals surface area contributed by atoms with Crippen LogP contribution in [0.3, 0.4) is 0 Å². The van der Waals surface area contributed by atoms with Crippen LogP contribution in [-0.4, -0.2) is 6.10 Å². The first kappa shape index (κ1) is 50.0. The number of ether oxygens (including phenoxy) is 2.